The Balaban J connectivity index is 2.08. The number of nitrogens with zero attached hydrogens (tertiary/aromatic N) is 1. The van der Waals surface area contributed by atoms with Crippen molar-refractivity contribution in [3.8, 4) is 0 Å². The van der Waals surface area contributed by atoms with Gasteiger partial charge in [-0.15, -0.1) is 0 Å². The number of amides is 1. The molecular weight excluding hydrogens is 264 g/mol. The molecule has 2 aromatic rings. The zero-order chi connectivity index (χ0) is 14.8. The Morgan fingerprint density at radius 2 is 2.10 bits per heavy atom. The second-order valence-corrected chi connectivity index (χ2v) is 5.99. The summed E-state index contributed by atoms with van der Waals surface area (Å²) in [6, 6.07) is 6.14. The van der Waals surface area contributed by atoms with Gasteiger partial charge in [0.05, 0.1) is 12.2 Å². The molecule has 0 bridgehead atoms. The molecule has 1 aliphatic rings. The van der Waals surface area contributed by atoms with Crippen LogP contribution in [0.15, 0.2) is 24.4 Å². The fraction of sp³-hybridized carbons (Fsp3) is 0.471. The van der Waals surface area contributed by atoms with Gasteiger partial charge in [0.1, 0.15) is 0 Å². The Morgan fingerprint density at radius 1 is 1.33 bits per heavy atom. The minimum atomic E-state index is -0.393. The van der Waals surface area contributed by atoms with Crippen LogP contribution in [0.3, 0.4) is 0 Å². The first-order chi connectivity index (χ1) is 10.2. The van der Waals surface area contributed by atoms with Crippen molar-refractivity contribution in [2.75, 3.05) is 6.61 Å². The zero-order valence-corrected chi connectivity index (χ0v) is 12.2. The van der Waals surface area contributed by atoms with Gasteiger partial charge in [0.2, 0.25) is 0 Å². The SMILES string of the molecule is NC(=O)c1cn(CCO)c2cccc(CC3CCCC3)c12. The second kappa shape index (κ2) is 5.90. The maximum absolute atomic E-state index is 11.8. The number of carbonyl (C=O) groups excluding carboxylic acids is 1. The summed E-state index contributed by atoms with van der Waals surface area (Å²) in [5.41, 5.74) is 8.33. The van der Waals surface area contributed by atoms with Crippen LogP contribution in [-0.2, 0) is 13.0 Å². The third-order valence-electron chi connectivity index (χ3n) is 4.58. The molecule has 1 fully saturated rings. The minimum Gasteiger partial charge on any atom is -0.395 e. The van der Waals surface area contributed by atoms with Crippen LogP contribution in [0.4, 0.5) is 0 Å². The lowest BCUT2D eigenvalue weighted by Gasteiger charge is -2.11. The van der Waals surface area contributed by atoms with Crippen molar-refractivity contribution < 1.29 is 9.90 Å². The van der Waals surface area contributed by atoms with Crippen LogP contribution < -0.4 is 5.73 Å². The molecule has 4 heteroatoms. The normalized spacial score (nSPS) is 15.9. The number of nitrogens with two attached hydrogens (primary N) is 1. The summed E-state index contributed by atoms with van der Waals surface area (Å²) in [7, 11) is 0. The van der Waals surface area contributed by atoms with Crippen molar-refractivity contribution in [3.63, 3.8) is 0 Å². The van der Waals surface area contributed by atoms with Gasteiger partial charge in [-0.05, 0) is 24.0 Å². The molecule has 4 nitrogen and oxygen atoms in total. The van der Waals surface area contributed by atoms with E-state index in [0.29, 0.717) is 12.1 Å². The second-order valence-electron chi connectivity index (χ2n) is 5.99. The number of primary amides is 1. The van der Waals surface area contributed by atoms with E-state index >= 15 is 0 Å². The summed E-state index contributed by atoms with van der Waals surface area (Å²) >= 11 is 0. The Hall–Kier alpha value is -1.81. The molecular formula is C17H22N2O2. The average molecular weight is 286 g/mol. The van der Waals surface area contributed by atoms with Gasteiger partial charge in [0.25, 0.3) is 5.91 Å². The van der Waals surface area contributed by atoms with Gasteiger partial charge in [-0.1, -0.05) is 37.8 Å². The minimum absolute atomic E-state index is 0.0504. The van der Waals surface area contributed by atoms with Gasteiger partial charge < -0.3 is 15.4 Å². The van der Waals surface area contributed by atoms with Crippen molar-refractivity contribution in [1.82, 2.24) is 4.57 Å². The number of benzene rings is 1. The molecule has 21 heavy (non-hydrogen) atoms. The Morgan fingerprint density at radius 3 is 2.76 bits per heavy atom. The summed E-state index contributed by atoms with van der Waals surface area (Å²) < 4.78 is 1.92. The number of hydrogen-bond donors (Lipinski definition) is 2. The smallest absolute Gasteiger partial charge is 0.250 e. The van der Waals surface area contributed by atoms with Crippen LogP contribution in [0.5, 0.6) is 0 Å². The van der Waals surface area contributed by atoms with Crippen LogP contribution in [0.25, 0.3) is 10.9 Å². The molecule has 0 saturated heterocycles. The first kappa shape index (κ1) is 14.1. The average Bonchev–Trinajstić information content (AvgIpc) is 3.08. The number of aliphatic hydroxyl groups is 1. The maximum Gasteiger partial charge on any atom is 0.250 e. The van der Waals surface area contributed by atoms with Crippen LogP contribution in [0, 0.1) is 5.92 Å². The van der Waals surface area contributed by atoms with E-state index in [1.54, 1.807) is 6.20 Å². The third-order valence-corrected chi connectivity index (χ3v) is 4.58. The van der Waals surface area contributed by atoms with Gasteiger partial charge in [-0.3, -0.25) is 4.79 Å². The fourth-order valence-corrected chi connectivity index (χ4v) is 3.60. The first-order valence-electron chi connectivity index (χ1n) is 7.72. The van der Waals surface area contributed by atoms with Crippen LogP contribution in [-0.4, -0.2) is 22.2 Å². The zero-order valence-electron chi connectivity index (χ0n) is 12.2. The predicted octanol–water partition coefficient (Wildman–Crippen LogP) is 2.47. The summed E-state index contributed by atoms with van der Waals surface area (Å²) in [6.07, 6.45) is 7.98. The Labute approximate surface area is 124 Å². The quantitative estimate of drug-likeness (QED) is 0.886. The Kier molecular flexibility index (Phi) is 3.97. The molecule has 3 N–H and O–H groups in total. The molecule has 0 unspecified atom stereocenters. The number of fused-ring (bicyclic) bond motifs is 1. The molecule has 1 amide bonds. The molecule has 0 atom stereocenters. The predicted molar refractivity (Wildman–Crippen MR) is 83.2 cm³/mol. The van der Waals surface area contributed by atoms with E-state index in [-0.39, 0.29) is 6.61 Å². The van der Waals surface area contributed by atoms with Crippen LogP contribution >= 0.6 is 0 Å². The largest absolute Gasteiger partial charge is 0.395 e. The van der Waals surface area contributed by atoms with Gasteiger partial charge in [0.15, 0.2) is 0 Å². The number of hydrogen-bond acceptors (Lipinski definition) is 2. The molecule has 112 valence electrons. The summed E-state index contributed by atoms with van der Waals surface area (Å²) in [5.74, 6) is 0.327. The van der Waals surface area contributed by atoms with E-state index in [1.165, 1.54) is 31.2 Å². The van der Waals surface area contributed by atoms with Gasteiger partial charge in [-0.25, -0.2) is 0 Å². The van der Waals surface area contributed by atoms with Crippen molar-refractivity contribution in [2.24, 2.45) is 11.7 Å². The van der Waals surface area contributed by atoms with E-state index in [4.69, 9.17) is 5.73 Å². The molecule has 1 aliphatic carbocycles. The fourth-order valence-electron chi connectivity index (χ4n) is 3.60. The highest BCUT2D eigenvalue weighted by atomic mass is 16.3. The first-order valence-corrected chi connectivity index (χ1v) is 7.72. The monoisotopic (exact) mass is 286 g/mol. The van der Waals surface area contributed by atoms with Crippen LogP contribution in [0.1, 0.15) is 41.6 Å². The van der Waals surface area contributed by atoms with E-state index in [2.05, 4.69) is 6.07 Å². The van der Waals surface area contributed by atoms with Crippen molar-refractivity contribution in [2.45, 2.75) is 38.6 Å². The van der Waals surface area contributed by atoms with Crippen molar-refractivity contribution in [1.29, 1.82) is 0 Å². The molecule has 1 heterocycles. The number of carbonyl (C=O) groups is 1. The summed E-state index contributed by atoms with van der Waals surface area (Å²) in [5, 5.41) is 10.2. The topological polar surface area (TPSA) is 68.2 Å². The van der Waals surface area contributed by atoms with Crippen LogP contribution in [0.2, 0.25) is 0 Å². The molecule has 1 aromatic carbocycles. The van der Waals surface area contributed by atoms with E-state index in [1.807, 2.05) is 16.7 Å². The molecule has 0 radical (unpaired) electrons. The lowest BCUT2D eigenvalue weighted by atomic mass is 9.94. The highest BCUT2D eigenvalue weighted by Crippen LogP contribution is 2.32. The molecule has 0 aliphatic heterocycles. The molecule has 1 aromatic heterocycles. The maximum atomic E-state index is 11.8. The molecule has 0 spiro atoms. The summed E-state index contributed by atoms with van der Waals surface area (Å²) in [4.78, 5) is 11.8. The van der Waals surface area contributed by atoms with Crippen molar-refractivity contribution >= 4 is 16.8 Å². The molecule has 1 saturated carbocycles. The van der Waals surface area contributed by atoms with Gasteiger partial charge in [-0.2, -0.15) is 0 Å². The number of rotatable bonds is 5. The van der Waals surface area contributed by atoms with Gasteiger partial charge in [0, 0.05) is 23.6 Å². The lowest BCUT2D eigenvalue weighted by Crippen LogP contribution is -2.11. The Bertz CT molecular complexity index is 654. The van der Waals surface area contributed by atoms with E-state index < -0.39 is 5.91 Å². The van der Waals surface area contributed by atoms with E-state index in [0.717, 1.165) is 23.2 Å². The summed E-state index contributed by atoms with van der Waals surface area (Å²) in [6.45, 7) is 0.533. The highest BCUT2D eigenvalue weighted by molar-refractivity contribution is 6.07. The molecule has 3 rings (SSSR count). The van der Waals surface area contributed by atoms with E-state index in [9.17, 15) is 9.90 Å². The number of aliphatic hydroxyl groups excluding tert-OH is 1. The van der Waals surface area contributed by atoms with Gasteiger partial charge >= 0.3 is 0 Å². The highest BCUT2D eigenvalue weighted by Gasteiger charge is 2.20. The van der Waals surface area contributed by atoms with Crippen molar-refractivity contribution in [3.05, 3.63) is 35.5 Å². The lowest BCUT2D eigenvalue weighted by molar-refractivity contribution is 0.100. The number of aromatic nitrogens is 1. The third kappa shape index (κ3) is 2.68. The standard InChI is InChI=1S/C17H22N2O2/c18-17(21)14-11-19(8-9-20)15-7-3-6-13(16(14)15)10-12-4-1-2-5-12/h3,6-7,11-12,20H,1-2,4-5,8-10H2,(H2,18,21).